The smallest absolute Gasteiger partial charge is 0.130 e. The molecule has 1 aliphatic heterocycles. The molecule has 1 aliphatic rings. The van der Waals surface area contributed by atoms with Crippen LogP contribution in [0.3, 0.4) is 0 Å². The van der Waals surface area contributed by atoms with Gasteiger partial charge in [0.25, 0.3) is 0 Å². The quantitative estimate of drug-likeness (QED) is 0.781. The molecule has 115 valence electrons. The van der Waals surface area contributed by atoms with E-state index in [-0.39, 0.29) is 5.92 Å². The highest BCUT2D eigenvalue weighted by molar-refractivity contribution is 5.63. The fraction of sp³-hybridized carbons (Fsp3) is 0.316. The number of anilines is 1. The van der Waals surface area contributed by atoms with E-state index in [1.165, 1.54) is 17.0 Å². The fourth-order valence-corrected chi connectivity index (χ4v) is 3.33. The SMILES string of the molecule is C[C]1COc2c(C)c(O)c(C)c(C)c2C1c1ccc(N)cc1. The summed E-state index contributed by atoms with van der Waals surface area (Å²) in [4.78, 5) is 0. The number of phenols is 1. The molecule has 0 saturated carbocycles. The van der Waals surface area contributed by atoms with Crippen LogP contribution in [0.2, 0.25) is 0 Å². The maximum absolute atomic E-state index is 10.3. The first-order valence-corrected chi connectivity index (χ1v) is 7.55. The van der Waals surface area contributed by atoms with E-state index in [2.05, 4.69) is 26.0 Å². The molecule has 0 amide bonds. The molecule has 3 nitrogen and oxygen atoms in total. The lowest BCUT2D eigenvalue weighted by Gasteiger charge is -2.35. The topological polar surface area (TPSA) is 55.5 Å². The van der Waals surface area contributed by atoms with E-state index in [0.717, 1.165) is 28.1 Å². The Morgan fingerprint density at radius 1 is 1.00 bits per heavy atom. The summed E-state index contributed by atoms with van der Waals surface area (Å²) >= 11 is 0. The lowest BCUT2D eigenvalue weighted by Crippen LogP contribution is -2.25. The van der Waals surface area contributed by atoms with Crippen LogP contribution in [-0.4, -0.2) is 11.7 Å². The summed E-state index contributed by atoms with van der Waals surface area (Å²) in [6.07, 6.45) is 0. The molecule has 3 rings (SSSR count). The Kier molecular flexibility index (Phi) is 3.51. The minimum absolute atomic E-state index is 0.183. The van der Waals surface area contributed by atoms with Crippen molar-refractivity contribution in [2.75, 3.05) is 12.3 Å². The minimum atomic E-state index is 0.183. The van der Waals surface area contributed by atoms with Crippen molar-refractivity contribution in [3.63, 3.8) is 0 Å². The molecule has 1 radical (unpaired) electrons. The number of benzene rings is 2. The molecule has 1 atom stereocenters. The van der Waals surface area contributed by atoms with Gasteiger partial charge in [-0.2, -0.15) is 0 Å². The van der Waals surface area contributed by atoms with Gasteiger partial charge in [0.05, 0.1) is 6.61 Å². The Balaban J connectivity index is 2.25. The van der Waals surface area contributed by atoms with Gasteiger partial charge in [-0.3, -0.25) is 0 Å². The molecule has 2 aromatic carbocycles. The molecule has 0 bridgehead atoms. The van der Waals surface area contributed by atoms with Gasteiger partial charge in [0.1, 0.15) is 11.5 Å². The van der Waals surface area contributed by atoms with Crippen LogP contribution < -0.4 is 10.5 Å². The van der Waals surface area contributed by atoms with Crippen LogP contribution in [0.4, 0.5) is 5.69 Å². The first-order valence-electron chi connectivity index (χ1n) is 7.55. The molecule has 1 unspecified atom stereocenters. The summed E-state index contributed by atoms with van der Waals surface area (Å²) < 4.78 is 5.94. The molecule has 22 heavy (non-hydrogen) atoms. The maximum atomic E-state index is 10.3. The van der Waals surface area contributed by atoms with Crippen molar-refractivity contribution in [2.45, 2.75) is 33.6 Å². The largest absolute Gasteiger partial charge is 0.507 e. The number of ether oxygens (including phenoxy) is 1. The zero-order valence-corrected chi connectivity index (χ0v) is 13.5. The second-order valence-corrected chi connectivity index (χ2v) is 6.20. The summed E-state index contributed by atoms with van der Waals surface area (Å²) in [5.41, 5.74) is 11.8. The Morgan fingerprint density at radius 3 is 2.27 bits per heavy atom. The number of aromatic hydroxyl groups is 1. The summed E-state index contributed by atoms with van der Waals surface area (Å²) in [6.45, 7) is 8.63. The summed E-state index contributed by atoms with van der Waals surface area (Å²) in [5.74, 6) is 2.62. The van der Waals surface area contributed by atoms with E-state index < -0.39 is 0 Å². The lowest BCUT2D eigenvalue weighted by molar-refractivity contribution is 0.292. The van der Waals surface area contributed by atoms with Gasteiger partial charge in [-0.15, -0.1) is 0 Å². The second kappa shape index (κ2) is 5.24. The van der Waals surface area contributed by atoms with Gasteiger partial charge in [0.15, 0.2) is 0 Å². The summed E-state index contributed by atoms with van der Waals surface area (Å²) in [5, 5.41) is 10.3. The van der Waals surface area contributed by atoms with Gasteiger partial charge in [-0.05, 0) is 49.6 Å². The van der Waals surface area contributed by atoms with E-state index >= 15 is 0 Å². The summed E-state index contributed by atoms with van der Waals surface area (Å²) in [7, 11) is 0. The van der Waals surface area contributed by atoms with Crippen LogP contribution in [0.15, 0.2) is 24.3 Å². The van der Waals surface area contributed by atoms with Crippen LogP contribution in [0.25, 0.3) is 0 Å². The highest BCUT2D eigenvalue weighted by Crippen LogP contribution is 2.49. The summed E-state index contributed by atoms with van der Waals surface area (Å²) in [6, 6.07) is 8.03. The van der Waals surface area contributed by atoms with Gasteiger partial charge >= 0.3 is 0 Å². The number of fused-ring (bicyclic) bond motifs is 1. The molecule has 0 aliphatic carbocycles. The highest BCUT2D eigenvalue weighted by Gasteiger charge is 2.34. The number of nitrogens with two attached hydrogens (primary N) is 1. The molecule has 0 fully saturated rings. The fourth-order valence-electron chi connectivity index (χ4n) is 3.33. The molecular weight excluding hydrogens is 274 g/mol. The van der Waals surface area contributed by atoms with Crippen molar-refractivity contribution >= 4 is 5.69 Å². The van der Waals surface area contributed by atoms with E-state index in [0.29, 0.717) is 12.4 Å². The Morgan fingerprint density at radius 2 is 1.64 bits per heavy atom. The van der Waals surface area contributed by atoms with Crippen molar-refractivity contribution in [1.29, 1.82) is 0 Å². The van der Waals surface area contributed by atoms with Gasteiger partial charge in [0.2, 0.25) is 0 Å². The maximum Gasteiger partial charge on any atom is 0.130 e. The van der Waals surface area contributed by atoms with Gasteiger partial charge in [-0.1, -0.05) is 19.1 Å². The van der Waals surface area contributed by atoms with Crippen LogP contribution in [-0.2, 0) is 0 Å². The van der Waals surface area contributed by atoms with Crippen molar-refractivity contribution in [3.05, 3.63) is 58.0 Å². The predicted molar refractivity (Wildman–Crippen MR) is 89.4 cm³/mol. The van der Waals surface area contributed by atoms with Crippen molar-refractivity contribution in [3.8, 4) is 11.5 Å². The molecule has 3 N–H and O–H groups in total. The number of phenolic OH excluding ortho intramolecular Hbond substituents is 1. The molecule has 3 heteroatoms. The number of hydrogen-bond acceptors (Lipinski definition) is 3. The Hall–Kier alpha value is -2.16. The lowest BCUT2D eigenvalue weighted by atomic mass is 9.76. The van der Waals surface area contributed by atoms with Crippen LogP contribution in [0.5, 0.6) is 11.5 Å². The third-order valence-corrected chi connectivity index (χ3v) is 4.76. The van der Waals surface area contributed by atoms with Crippen molar-refractivity contribution in [1.82, 2.24) is 0 Å². The number of rotatable bonds is 1. The normalized spacial score (nSPS) is 17.9. The molecule has 1 heterocycles. The number of hydrogen-bond donors (Lipinski definition) is 2. The van der Waals surface area contributed by atoms with Gasteiger partial charge < -0.3 is 15.6 Å². The van der Waals surface area contributed by atoms with Crippen LogP contribution in [0.1, 0.15) is 40.7 Å². The molecule has 0 spiro atoms. The molecule has 0 saturated heterocycles. The van der Waals surface area contributed by atoms with Crippen LogP contribution in [0, 0.1) is 26.7 Å². The Bertz CT molecular complexity index is 719. The second-order valence-electron chi connectivity index (χ2n) is 6.20. The molecule has 2 aromatic rings. The predicted octanol–water partition coefficient (Wildman–Crippen LogP) is 4.02. The third kappa shape index (κ3) is 2.12. The third-order valence-electron chi connectivity index (χ3n) is 4.76. The average Bonchev–Trinajstić information content (AvgIpc) is 2.51. The zero-order chi connectivity index (χ0) is 16.0. The van der Waals surface area contributed by atoms with E-state index in [1.54, 1.807) is 0 Å². The van der Waals surface area contributed by atoms with Crippen LogP contribution >= 0.6 is 0 Å². The first-order chi connectivity index (χ1) is 10.4. The van der Waals surface area contributed by atoms with E-state index in [4.69, 9.17) is 10.5 Å². The van der Waals surface area contributed by atoms with Crippen molar-refractivity contribution < 1.29 is 9.84 Å². The minimum Gasteiger partial charge on any atom is -0.507 e. The van der Waals surface area contributed by atoms with Crippen molar-refractivity contribution in [2.24, 2.45) is 0 Å². The highest BCUT2D eigenvalue weighted by atomic mass is 16.5. The van der Waals surface area contributed by atoms with Gasteiger partial charge in [-0.25, -0.2) is 0 Å². The number of nitrogen functional groups attached to an aromatic ring is 1. The van der Waals surface area contributed by atoms with Gasteiger partial charge in [0, 0.05) is 28.7 Å². The van der Waals surface area contributed by atoms with E-state index in [1.807, 2.05) is 26.0 Å². The average molecular weight is 296 g/mol. The zero-order valence-electron chi connectivity index (χ0n) is 13.5. The first kappa shape index (κ1) is 14.8. The molecule has 0 aromatic heterocycles. The molecular formula is C19H22NO2. The standard InChI is InChI=1S/C19H22NO2/c1-10-9-22-19-13(4)18(21)12(3)11(2)17(19)16(10)14-5-7-15(20)8-6-14/h5-8,16,21H,9,20H2,1-4H3. The monoisotopic (exact) mass is 296 g/mol. The Labute approximate surface area is 131 Å². The van der Waals surface area contributed by atoms with E-state index in [9.17, 15) is 5.11 Å².